The average Bonchev–Trinajstić information content (AvgIpc) is 2.40. The zero-order valence-corrected chi connectivity index (χ0v) is 10.0. The van der Waals surface area contributed by atoms with Crippen molar-refractivity contribution in [1.82, 2.24) is 4.98 Å². The monoisotopic (exact) mass is 256 g/mol. The van der Waals surface area contributed by atoms with Crippen molar-refractivity contribution < 1.29 is 4.79 Å². The molecule has 0 radical (unpaired) electrons. The lowest BCUT2D eigenvalue weighted by Gasteiger charge is -2.02. The van der Waals surface area contributed by atoms with Gasteiger partial charge >= 0.3 is 0 Å². The maximum atomic E-state index is 11.4. The molecule has 1 amide bonds. The maximum absolute atomic E-state index is 11.4. The highest BCUT2D eigenvalue weighted by Crippen LogP contribution is 2.27. The van der Waals surface area contributed by atoms with Gasteiger partial charge in [0.2, 0.25) is 0 Å². The number of amides is 1. The van der Waals surface area contributed by atoms with Gasteiger partial charge in [-0.05, 0) is 34.9 Å². The number of carbonyl (C=O) groups is 1. The van der Waals surface area contributed by atoms with Crippen LogP contribution < -0.4 is 0 Å². The van der Waals surface area contributed by atoms with E-state index in [2.05, 4.69) is 15.0 Å². The van der Waals surface area contributed by atoms with Gasteiger partial charge in [0.05, 0.1) is 0 Å². The lowest BCUT2D eigenvalue weighted by Crippen LogP contribution is -1.96. The third kappa shape index (κ3) is 3.10. The van der Waals surface area contributed by atoms with E-state index in [-0.39, 0.29) is 5.69 Å². The molecular formula is C12H8N4OS. The molecule has 1 aromatic heterocycles. The summed E-state index contributed by atoms with van der Waals surface area (Å²) in [6, 6.07) is 13.2. The van der Waals surface area contributed by atoms with Crippen LogP contribution in [0.15, 0.2) is 63.6 Å². The Kier molecular flexibility index (Phi) is 3.96. The molecule has 0 aliphatic heterocycles. The Bertz CT molecular complexity index is 608. The van der Waals surface area contributed by atoms with Crippen LogP contribution in [0.1, 0.15) is 10.5 Å². The number of pyridine rings is 1. The number of azide groups is 1. The normalized spacial score (nSPS) is 9.56. The van der Waals surface area contributed by atoms with Gasteiger partial charge in [-0.25, -0.2) is 0 Å². The molecule has 0 fully saturated rings. The van der Waals surface area contributed by atoms with Gasteiger partial charge in [0, 0.05) is 20.9 Å². The highest BCUT2D eigenvalue weighted by molar-refractivity contribution is 7.99. The zero-order chi connectivity index (χ0) is 12.8. The molecule has 88 valence electrons. The van der Waals surface area contributed by atoms with Crippen molar-refractivity contribution in [2.75, 3.05) is 0 Å². The van der Waals surface area contributed by atoms with Crippen LogP contribution in [0.5, 0.6) is 0 Å². The molecule has 0 bridgehead atoms. The van der Waals surface area contributed by atoms with Crippen LogP contribution in [-0.2, 0) is 0 Å². The summed E-state index contributed by atoms with van der Waals surface area (Å²) in [7, 11) is 0. The van der Waals surface area contributed by atoms with Crippen molar-refractivity contribution in [2.24, 2.45) is 5.11 Å². The van der Waals surface area contributed by atoms with Crippen LogP contribution in [0.2, 0.25) is 0 Å². The Hall–Kier alpha value is -2.30. The van der Waals surface area contributed by atoms with E-state index in [1.165, 1.54) is 18.0 Å². The summed E-state index contributed by atoms with van der Waals surface area (Å²) in [5, 5.41) is 3.01. The van der Waals surface area contributed by atoms with Crippen molar-refractivity contribution in [2.45, 2.75) is 9.79 Å². The standard InChI is InChI=1S/C12H8N4OS/c13-16-15-12(17)11-8-10(6-7-14-11)18-9-4-2-1-3-5-9/h1-8H. The minimum absolute atomic E-state index is 0.147. The van der Waals surface area contributed by atoms with Crippen molar-refractivity contribution in [1.29, 1.82) is 0 Å². The Morgan fingerprint density at radius 1 is 1.22 bits per heavy atom. The number of carbonyl (C=O) groups excluding carboxylic acids is 1. The molecular weight excluding hydrogens is 248 g/mol. The number of hydrogen-bond donors (Lipinski definition) is 0. The molecule has 1 aromatic carbocycles. The number of hydrogen-bond acceptors (Lipinski definition) is 3. The summed E-state index contributed by atoms with van der Waals surface area (Å²) in [5.74, 6) is -0.673. The summed E-state index contributed by atoms with van der Waals surface area (Å²) in [4.78, 5) is 19.6. The van der Waals surface area contributed by atoms with Crippen molar-refractivity contribution >= 4 is 17.7 Å². The van der Waals surface area contributed by atoms with Gasteiger partial charge < -0.3 is 0 Å². The highest BCUT2D eigenvalue weighted by atomic mass is 32.2. The third-order valence-electron chi connectivity index (χ3n) is 2.06. The molecule has 0 unspecified atom stereocenters. The molecule has 18 heavy (non-hydrogen) atoms. The van der Waals surface area contributed by atoms with Crippen molar-refractivity contribution in [3.63, 3.8) is 0 Å². The highest BCUT2D eigenvalue weighted by Gasteiger charge is 2.06. The second-order valence-corrected chi connectivity index (χ2v) is 4.43. The number of rotatable bonds is 3. The minimum Gasteiger partial charge on any atom is -0.285 e. The van der Waals surface area contributed by atoms with Crippen LogP contribution in [0.3, 0.4) is 0 Å². The van der Waals surface area contributed by atoms with Gasteiger partial charge in [0.15, 0.2) is 0 Å². The molecule has 2 rings (SSSR count). The molecule has 0 aliphatic carbocycles. The van der Waals surface area contributed by atoms with Crippen molar-refractivity contribution in [3.05, 3.63) is 64.8 Å². The van der Waals surface area contributed by atoms with E-state index < -0.39 is 5.91 Å². The number of nitrogens with zero attached hydrogens (tertiary/aromatic N) is 4. The van der Waals surface area contributed by atoms with Crippen LogP contribution in [0.4, 0.5) is 0 Å². The summed E-state index contributed by atoms with van der Waals surface area (Å²) < 4.78 is 0. The van der Waals surface area contributed by atoms with Gasteiger partial charge in [0.25, 0.3) is 5.91 Å². The second kappa shape index (κ2) is 5.86. The molecule has 2 aromatic rings. The number of benzene rings is 1. The quantitative estimate of drug-likeness (QED) is 0.477. The second-order valence-electron chi connectivity index (χ2n) is 3.29. The van der Waals surface area contributed by atoms with E-state index in [4.69, 9.17) is 5.53 Å². The molecule has 0 N–H and O–H groups in total. The maximum Gasteiger partial charge on any atom is 0.267 e. The molecule has 6 heteroatoms. The van der Waals surface area contributed by atoms with Crippen LogP contribution >= 0.6 is 11.8 Å². The summed E-state index contributed by atoms with van der Waals surface area (Å²) in [6.45, 7) is 0. The van der Waals surface area contributed by atoms with E-state index >= 15 is 0 Å². The minimum atomic E-state index is -0.673. The van der Waals surface area contributed by atoms with Crippen LogP contribution in [0.25, 0.3) is 10.4 Å². The summed E-state index contributed by atoms with van der Waals surface area (Å²) in [6.07, 6.45) is 1.52. The third-order valence-corrected chi connectivity index (χ3v) is 3.06. The Morgan fingerprint density at radius 2 is 2.00 bits per heavy atom. The molecule has 0 atom stereocenters. The lowest BCUT2D eigenvalue weighted by atomic mass is 10.3. The van der Waals surface area contributed by atoms with Gasteiger partial charge in [0.1, 0.15) is 5.69 Å². The topological polar surface area (TPSA) is 78.7 Å². The summed E-state index contributed by atoms with van der Waals surface area (Å²) in [5.41, 5.74) is 8.35. The fourth-order valence-electron chi connectivity index (χ4n) is 1.31. The Labute approximate surface area is 107 Å². The van der Waals surface area contributed by atoms with Crippen molar-refractivity contribution in [3.8, 4) is 0 Å². The molecule has 5 nitrogen and oxygen atoms in total. The predicted molar refractivity (Wildman–Crippen MR) is 68.3 cm³/mol. The predicted octanol–water partition coefficient (Wildman–Crippen LogP) is 3.68. The largest absolute Gasteiger partial charge is 0.285 e. The van der Waals surface area contributed by atoms with E-state index in [1.807, 2.05) is 30.3 Å². The van der Waals surface area contributed by atoms with Crippen LogP contribution in [-0.4, -0.2) is 10.9 Å². The average molecular weight is 256 g/mol. The fraction of sp³-hybridized carbons (Fsp3) is 0. The molecule has 1 heterocycles. The van der Waals surface area contributed by atoms with E-state index in [0.29, 0.717) is 0 Å². The first kappa shape index (κ1) is 12.2. The first-order valence-electron chi connectivity index (χ1n) is 5.08. The molecule has 0 saturated carbocycles. The molecule has 0 saturated heterocycles. The smallest absolute Gasteiger partial charge is 0.267 e. The zero-order valence-electron chi connectivity index (χ0n) is 9.22. The van der Waals surface area contributed by atoms with Gasteiger partial charge in [-0.15, -0.1) is 0 Å². The first-order valence-corrected chi connectivity index (χ1v) is 5.89. The number of aromatic nitrogens is 1. The van der Waals surface area contributed by atoms with Gasteiger partial charge in [-0.3, -0.25) is 9.78 Å². The van der Waals surface area contributed by atoms with E-state index in [1.54, 1.807) is 12.1 Å². The SMILES string of the molecule is [N-]=[N+]=NC(=O)c1cc(Sc2ccccc2)ccn1. The molecule has 0 spiro atoms. The van der Waals surface area contributed by atoms with Gasteiger partial charge in [-0.1, -0.05) is 30.0 Å². The van der Waals surface area contributed by atoms with Crippen LogP contribution in [0, 0.1) is 0 Å². The summed E-state index contributed by atoms with van der Waals surface area (Å²) >= 11 is 1.51. The fourth-order valence-corrected chi connectivity index (χ4v) is 2.17. The van der Waals surface area contributed by atoms with E-state index in [9.17, 15) is 4.79 Å². The van der Waals surface area contributed by atoms with E-state index in [0.717, 1.165) is 9.79 Å². The van der Waals surface area contributed by atoms with Gasteiger partial charge in [-0.2, -0.15) is 0 Å². The first-order chi connectivity index (χ1) is 8.79. The Balaban J connectivity index is 2.22. The lowest BCUT2D eigenvalue weighted by molar-refractivity contribution is 0.0995. The Morgan fingerprint density at radius 3 is 2.72 bits per heavy atom. The molecule has 0 aliphatic rings.